The lowest BCUT2D eigenvalue weighted by molar-refractivity contribution is 0.592. The Balaban J connectivity index is 2.72. The molecule has 0 spiro atoms. The van der Waals surface area contributed by atoms with Crippen LogP contribution in [0.2, 0.25) is 0 Å². The largest absolute Gasteiger partial charge is 0.609 e. The standard InChI is InChI=1S/C8H6BrN3O2S/c1-15(14)8-10-3-4-2-5(9)7(13)11-6(4)12-8/h2-3H,1H3,(H,10,11,12,13). The number of nitrogens with one attached hydrogen (secondary N) is 1. The average Bonchev–Trinajstić information content (AvgIpc) is 2.19. The van der Waals surface area contributed by atoms with Gasteiger partial charge in [0.2, 0.25) is 0 Å². The summed E-state index contributed by atoms with van der Waals surface area (Å²) in [6.07, 6.45) is 3.01. The van der Waals surface area contributed by atoms with E-state index in [-0.39, 0.29) is 10.7 Å². The van der Waals surface area contributed by atoms with Gasteiger partial charge in [-0.2, -0.15) is 9.97 Å². The molecule has 1 unspecified atom stereocenters. The number of aromatic amines is 1. The van der Waals surface area contributed by atoms with Gasteiger partial charge in [-0.3, -0.25) is 4.79 Å². The van der Waals surface area contributed by atoms with Gasteiger partial charge in [-0.1, -0.05) is 0 Å². The maximum Gasteiger partial charge on any atom is 0.344 e. The molecule has 15 heavy (non-hydrogen) atoms. The Kier molecular flexibility index (Phi) is 2.76. The summed E-state index contributed by atoms with van der Waals surface area (Å²) in [7, 11) is 0. The quantitative estimate of drug-likeness (QED) is 0.622. The van der Waals surface area contributed by atoms with Crippen molar-refractivity contribution in [3.05, 3.63) is 27.1 Å². The van der Waals surface area contributed by atoms with Gasteiger partial charge in [-0.05, 0) is 22.0 Å². The molecule has 2 rings (SSSR count). The Bertz CT molecular complexity index is 569. The van der Waals surface area contributed by atoms with E-state index in [9.17, 15) is 9.35 Å². The summed E-state index contributed by atoms with van der Waals surface area (Å²) in [5, 5.41) is 0.899. The summed E-state index contributed by atoms with van der Waals surface area (Å²) < 4.78 is 11.5. The molecule has 2 aromatic heterocycles. The molecule has 0 aliphatic rings. The number of aromatic nitrogens is 3. The smallest absolute Gasteiger partial charge is 0.344 e. The van der Waals surface area contributed by atoms with Gasteiger partial charge in [0, 0.05) is 22.8 Å². The minimum atomic E-state index is -1.25. The van der Waals surface area contributed by atoms with E-state index in [1.807, 2.05) is 0 Å². The Morgan fingerprint density at radius 3 is 3.00 bits per heavy atom. The van der Waals surface area contributed by atoms with Crippen molar-refractivity contribution in [3.63, 3.8) is 0 Å². The SMILES string of the molecule is C[S+]([O-])c1ncc2cc(Br)c(=O)[nH]c2n1. The first kappa shape index (κ1) is 10.6. The normalized spacial score (nSPS) is 13.0. The number of rotatable bonds is 1. The van der Waals surface area contributed by atoms with Crippen molar-refractivity contribution in [3.8, 4) is 0 Å². The summed E-state index contributed by atoms with van der Waals surface area (Å²) in [5.74, 6) is 0. The van der Waals surface area contributed by atoms with Gasteiger partial charge in [-0.25, -0.2) is 0 Å². The lowest BCUT2D eigenvalue weighted by atomic mass is 10.3. The molecule has 2 heterocycles. The zero-order valence-electron chi connectivity index (χ0n) is 7.65. The molecule has 1 N–H and O–H groups in total. The molecule has 0 aliphatic carbocycles. The number of halogens is 1. The molecule has 0 aromatic carbocycles. The van der Waals surface area contributed by atoms with Gasteiger partial charge in [-0.15, -0.1) is 0 Å². The van der Waals surface area contributed by atoms with Crippen LogP contribution in [0.5, 0.6) is 0 Å². The molecule has 78 valence electrons. The van der Waals surface area contributed by atoms with Crippen LogP contribution in [0.4, 0.5) is 0 Å². The first-order valence-corrected chi connectivity index (χ1v) is 6.32. The van der Waals surface area contributed by atoms with E-state index >= 15 is 0 Å². The Morgan fingerprint density at radius 2 is 2.33 bits per heavy atom. The van der Waals surface area contributed by atoms with Crippen molar-refractivity contribution < 1.29 is 4.55 Å². The predicted molar refractivity (Wildman–Crippen MR) is 60.2 cm³/mol. The number of fused-ring (bicyclic) bond motifs is 1. The molecule has 0 saturated heterocycles. The zero-order chi connectivity index (χ0) is 11.0. The average molecular weight is 288 g/mol. The second-order valence-corrected chi connectivity index (χ2v) is 4.98. The van der Waals surface area contributed by atoms with E-state index in [0.29, 0.717) is 15.5 Å². The molecule has 0 fully saturated rings. The van der Waals surface area contributed by atoms with Crippen molar-refractivity contribution in [1.82, 2.24) is 15.0 Å². The lowest BCUT2D eigenvalue weighted by Crippen LogP contribution is -2.10. The van der Waals surface area contributed by atoms with Crippen LogP contribution in [0.25, 0.3) is 11.0 Å². The highest BCUT2D eigenvalue weighted by molar-refractivity contribution is 9.10. The fourth-order valence-electron chi connectivity index (χ4n) is 1.09. The Labute approximate surface area is 96.3 Å². The zero-order valence-corrected chi connectivity index (χ0v) is 10.1. The third-order valence-corrected chi connectivity index (χ3v) is 3.08. The molecule has 0 saturated carbocycles. The van der Waals surface area contributed by atoms with Gasteiger partial charge in [0.05, 0.1) is 4.47 Å². The highest BCUT2D eigenvalue weighted by atomic mass is 79.9. The Hall–Kier alpha value is -0.920. The van der Waals surface area contributed by atoms with Crippen LogP contribution >= 0.6 is 15.9 Å². The topological polar surface area (TPSA) is 81.7 Å². The minimum Gasteiger partial charge on any atom is -0.609 e. The van der Waals surface area contributed by atoms with Crippen LogP contribution < -0.4 is 5.56 Å². The van der Waals surface area contributed by atoms with E-state index in [4.69, 9.17) is 0 Å². The third-order valence-electron chi connectivity index (χ3n) is 1.78. The molecule has 0 aliphatic heterocycles. The van der Waals surface area contributed by atoms with Crippen LogP contribution in [0.3, 0.4) is 0 Å². The number of hydrogen-bond acceptors (Lipinski definition) is 4. The summed E-state index contributed by atoms with van der Waals surface area (Å²) in [6.45, 7) is 0. The Morgan fingerprint density at radius 1 is 1.60 bits per heavy atom. The maximum absolute atomic E-state index is 11.3. The first-order chi connectivity index (χ1) is 7.08. The molecular weight excluding hydrogens is 282 g/mol. The molecule has 2 aromatic rings. The number of hydrogen-bond donors (Lipinski definition) is 1. The molecule has 0 bridgehead atoms. The van der Waals surface area contributed by atoms with Gasteiger partial charge in [0.25, 0.3) is 5.56 Å². The van der Waals surface area contributed by atoms with E-state index in [0.717, 1.165) is 0 Å². The van der Waals surface area contributed by atoms with Crippen LogP contribution in [0, 0.1) is 0 Å². The molecule has 7 heteroatoms. The molecule has 0 radical (unpaired) electrons. The fraction of sp³-hybridized carbons (Fsp3) is 0.125. The first-order valence-electron chi connectivity index (χ1n) is 3.97. The second-order valence-electron chi connectivity index (χ2n) is 2.86. The van der Waals surface area contributed by atoms with Crippen molar-refractivity contribution in [2.24, 2.45) is 0 Å². The number of H-pyrrole nitrogens is 1. The summed E-state index contributed by atoms with van der Waals surface area (Å²) in [5.41, 5.74) is 0.123. The summed E-state index contributed by atoms with van der Waals surface area (Å²) in [6, 6.07) is 1.62. The lowest BCUT2D eigenvalue weighted by Gasteiger charge is -2.02. The van der Waals surface area contributed by atoms with E-state index in [1.54, 1.807) is 6.07 Å². The van der Waals surface area contributed by atoms with Crippen LogP contribution in [0.15, 0.2) is 26.7 Å². The van der Waals surface area contributed by atoms with Crippen LogP contribution in [-0.2, 0) is 11.2 Å². The highest BCUT2D eigenvalue weighted by Gasteiger charge is 2.10. The summed E-state index contributed by atoms with van der Waals surface area (Å²) in [4.78, 5) is 21.8. The summed E-state index contributed by atoms with van der Waals surface area (Å²) >= 11 is 1.85. The number of nitrogens with zero attached hydrogens (tertiary/aromatic N) is 2. The fourth-order valence-corrected chi connectivity index (χ4v) is 1.86. The maximum atomic E-state index is 11.3. The minimum absolute atomic E-state index is 0.209. The predicted octanol–water partition coefficient (Wildman–Crippen LogP) is 0.818. The van der Waals surface area contributed by atoms with Gasteiger partial charge in [0.1, 0.15) is 11.9 Å². The van der Waals surface area contributed by atoms with E-state index in [1.165, 1.54) is 12.5 Å². The van der Waals surface area contributed by atoms with Crippen molar-refractivity contribution in [1.29, 1.82) is 0 Å². The molecule has 0 amide bonds. The third kappa shape index (κ3) is 2.04. The molecular formula is C8H6BrN3O2S. The second kappa shape index (κ2) is 3.92. The van der Waals surface area contributed by atoms with Crippen LogP contribution in [-0.4, -0.2) is 25.8 Å². The van der Waals surface area contributed by atoms with Crippen molar-refractivity contribution >= 4 is 38.1 Å². The van der Waals surface area contributed by atoms with Crippen molar-refractivity contribution in [2.45, 2.75) is 5.16 Å². The van der Waals surface area contributed by atoms with Gasteiger partial charge in [0.15, 0.2) is 0 Å². The highest BCUT2D eigenvalue weighted by Crippen LogP contribution is 2.12. The number of pyridine rings is 1. The molecule has 5 nitrogen and oxygen atoms in total. The van der Waals surface area contributed by atoms with Crippen LogP contribution in [0.1, 0.15) is 0 Å². The molecule has 1 atom stereocenters. The van der Waals surface area contributed by atoms with Gasteiger partial charge >= 0.3 is 5.16 Å². The van der Waals surface area contributed by atoms with E-state index < -0.39 is 11.2 Å². The van der Waals surface area contributed by atoms with Gasteiger partial charge < -0.3 is 9.54 Å². The van der Waals surface area contributed by atoms with E-state index in [2.05, 4.69) is 30.9 Å². The monoisotopic (exact) mass is 287 g/mol. The van der Waals surface area contributed by atoms with Crippen molar-refractivity contribution in [2.75, 3.05) is 6.26 Å².